The van der Waals surface area contributed by atoms with E-state index in [0.717, 1.165) is 37.7 Å². The van der Waals surface area contributed by atoms with E-state index in [0.29, 0.717) is 5.92 Å². The highest BCUT2D eigenvalue weighted by Crippen LogP contribution is 2.31. The number of imidazole rings is 1. The molecule has 2 N–H and O–H groups in total. The smallest absolute Gasteiger partial charge is 0.135 e. The minimum absolute atomic E-state index is 0.365. The molecule has 1 saturated carbocycles. The van der Waals surface area contributed by atoms with E-state index in [2.05, 4.69) is 14.9 Å². The number of aromatic nitrogens is 2. The van der Waals surface area contributed by atoms with Crippen LogP contribution in [0.2, 0.25) is 0 Å². The van der Waals surface area contributed by atoms with Crippen LogP contribution in [0.3, 0.4) is 0 Å². The molecule has 1 aromatic heterocycles. The Hall–Kier alpha value is -0.870. The van der Waals surface area contributed by atoms with Gasteiger partial charge in [0.2, 0.25) is 0 Å². The third-order valence-corrected chi connectivity index (χ3v) is 5.12. The van der Waals surface area contributed by atoms with Gasteiger partial charge >= 0.3 is 0 Å². The second-order valence-corrected chi connectivity index (χ2v) is 6.56. The Bertz CT molecular complexity index is 378. The fourth-order valence-corrected chi connectivity index (χ4v) is 3.85. The molecule has 1 aliphatic heterocycles. The molecule has 0 spiro atoms. The van der Waals surface area contributed by atoms with Gasteiger partial charge in [0.05, 0.1) is 0 Å². The first-order valence-electron chi connectivity index (χ1n) is 8.22. The first kappa shape index (κ1) is 14.1. The molecule has 0 aromatic carbocycles. The van der Waals surface area contributed by atoms with Crippen LogP contribution < -0.4 is 0 Å². The van der Waals surface area contributed by atoms with E-state index in [-0.39, 0.29) is 0 Å². The van der Waals surface area contributed by atoms with Gasteiger partial charge in [-0.05, 0) is 50.6 Å². The van der Waals surface area contributed by atoms with Crippen LogP contribution in [0.1, 0.15) is 56.9 Å². The molecule has 1 atom stereocenters. The van der Waals surface area contributed by atoms with E-state index in [1.807, 2.05) is 0 Å². The summed E-state index contributed by atoms with van der Waals surface area (Å²) in [5, 5.41) is 10.3. The van der Waals surface area contributed by atoms with Crippen molar-refractivity contribution in [1.82, 2.24) is 14.9 Å². The van der Waals surface area contributed by atoms with Gasteiger partial charge in [0.15, 0.2) is 0 Å². The maximum Gasteiger partial charge on any atom is 0.135 e. The van der Waals surface area contributed by atoms with E-state index in [1.165, 1.54) is 38.6 Å². The van der Waals surface area contributed by atoms with E-state index in [4.69, 9.17) is 0 Å². The van der Waals surface area contributed by atoms with Crippen molar-refractivity contribution in [3.8, 4) is 0 Å². The molecule has 0 bridgehead atoms. The van der Waals surface area contributed by atoms with E-state index in [1.54, 1.807) is 12.4 Å². The van der Waals surface area contributed by atoms with Crippen molar-refractivity contribution >= 4 is 0 Å². The van der Waals surface area contributed by atoms with Gasteiger partial charge in [0.25, 0.3) is 0 Å². The summed E-state index contributed by atoms with van der Waals surface area (Å²) in [5.41, 5.74) is 0. The minimum atomic E-state index is -0.415. The lowest BCUT2D eigenvalue weighted by Gasteiger charge is -2.36. The number of piperidine rings is 1. The number of nitrogens with zero attached hydrogens (tertiary/aromatic N) is 2. The van der Waals surface area contributed by atoms with Gasteiger partial charge in [-0.3, -0.25) is 0 Å². The van der Waals surface area contributed by atoms with E-state index < -0.39 is 6.10 Å². The number of likely N-dealkylation sites (tertiary alicyclic amines) is 1. The second kappa shape index (κ2) is 6.72. The topological polar surface area (TPSA) is 52.2 Å². The maximum absolute atomic E-state index is 10.3. The number of aliphatic hydroxyl groups is 1. The molecule has 1 aliphatic carbocycles. The largest absolute Gasteiger partial charge is 0.385 e. The van der Waals surface area contributed by atoms with Gasteiger partial charge in [-0.1, -0.05) is 19.3 Å². The normalized spacial score (nSPS) is 24.9. The highest BCUT2D eigenvalue weighted by molar-refractivity contribution is 4.95. The van der Waals surface area contributed by atoms with Gasteiger partial charge in [0.1, 0.15) is 11.9 Å². The summed E-state index contributed by atoms with van der Waals surface area (Å²) in [6.45, 7) is 3.56. The predicted molar refractivity (Wildman–Crippen MR) is 79.3 cm³/mol. The third kappa shape index (κ3) is 3.41. The molecule has 2 aliphatic rings. The standard InChI is InChI=1S/C16H27N3O/c20-15(16-17-8-9-18-16)14-6-10-19(11-7-14)12-13-4-2-1-3-5-13/h8-9,13-15,20H,1-7,10-12H2,(H,17,18). The van der Waals surface area contributed by atoms with E-state index >= 15 is 0 Å². The van der Waals surface area contributed by atoms with Crippen molar-refractivity contribution in [1.29, 1.82) is 0 Å². The molecule has 2 fully saturated rings. The Morgan fingerprint density at radius 1 is 1.20 bits per heavy atom. The van der Waals surface area contributed by atoms with Crippen molar-refractivity contribution < 1.29 is 5.11 Å². The number of rotatable bonds is 4. The molecule has 1 aromatic rings. The lowest BCUT2D eigenvalue weighted by molar-refractivity contribution is 0.0473. The van der Waals surface area contributed by atoms with Crippen LogP contribution in [0.15, 0.2) is 12.4 Å². The van der Waals surface area contributed by atoms with Crippen molar-refractivity contribution in [2.75, 3.05) is 19.6 Å². The zero-order valence-corrected chi connectivity index (χ0v) is 12.3. The number of nitrogens with one attached hydrogen (secondary N) is 1. The molecule has 0 amide bonds. The Morgan fingerprint density at radius 3 is 2.60 bits per heavy atom. The Balaban J connectivity index is 1.44. The number of H-pyrrole nitrogens is 1. The molecule has 20 heavy (non-hydrogen) atoms. The van der Waals surface area contributed by atoms with Gasteiger partial charge in [-0.2, -0.15) is 0 Å². The van der Waals surface area contributed by atoms with Crippen LogP contribution in [0.25, 0.3) is 0 Å². The minimum Gasteiger partial charge on any atom is -0.385 e. The second-order valence-electron chi connectivity index (χ2n) is 6.56. The summed E-state index contributed by atoms with van der Waals surface area (Å²) in [5.74, 6) is 2.02. The lowest BCUT2D eigenvalue weighted by Crippen LogP contribution is -2.39. The molecular formula is C16H27N3O. The lowest BCUT2D eigenvalue weighted by atomic mass is 9.87. The zero-order valence-electron chi connectivity index (χ0n) is 12.3. The number of aromatic amines is 1. The van der Waals surface area contributed by atoms with Crippen LogP contribution in [0.4, 0.5) is 0 Å². The van der Waals surface area contributed by atoms with Crippen molar-refractivity contribution in [2.45, 2.75) is 51.0 Å². The van der Waals surface area contributed by atoms with Crippen molar-refractivity contribution in [2.24, 2.45) is 11.8 Å². The van der Waals surface area contributed by atoms with Gasteiger partial charge in [0, 0.05) is 18.9 Å². The first-order valence-corrected chi connectivity index (χ1v) is 8.22. The molecule has 1 unspecified atom stereocenters. The average Bonchev–Trinajstić information content (AvgIpc) is 3.03. The van der Waals surface area contributed by atoms with Crippen LogP contribution in [-0.2, 0) is 0 Å². The van der Waals surface area contributed by atoms with E-state index in [9.17, 15) is 5.11 Å². The molecule has 4 heteroatoms. The number of hydrogen-bond acceptors (Lipinski definition) is 3. The van der Waals surface area contributed by atoms with Crippen LogP contribution in [0.5, 0.6) is 0 Å². The first-order chi connectivity index (χ1) is 9.83. The Morgan fingerprint density at radius 2 is 1.95 bits per heavy atom. The maximum atomic E-state index is 10.3. The summed E-state index contributed by atoms with van der Waals surface area (Å²) in [4.78, 5) is 9.83. The summed E-state index contributed by atoms with van der Waals surface area (Å²) < 4.78 is 0. The summed E-state index contributed by atoms with van der Waals surface area (Å²) in [6.07, 6.45) is 12.4. The van der Waals surface area contributed by atoms with Gasteiger partial charge < -0.3 is 15.0 Å². The molecule has 1 saturated heterocycles. The number of hydrogen-bond donors (Lipinski definition) is 2. The highest BCUT2D eigenvalue weighted by Gasteiger charge is 2.28. The predicted octanol–water partition coefficient (Wildman–Crippen LogP) is 2.74. The fraction of sp³-hybridized carbons (Fsp3) is 0.812. The summed E-state index contributed by atoms with van der Waals surface area (Å²) in [7, 11) is 0. The fourth-order valence-electron chi connectivity index (χ4n) is 3.85. The zero-order chi connectivity index (χ0) is 13.8. The molecule has 3 rings (SSSR count). The molecular weight excluding hydrogens is 250 g/mol. The van der Waals surface area contributed by atoms with Gasteiger partial charge in [-0.15, -0.1) is 0 Å². The van der Waals surface area contributed by atoms with Crippen LogP contribution >= 0.6 is 0 Å². The van der Waals surface area contributed by atoms with Gasteiger partial charge in [-0.25, -0.2) is 4.98 Å². The highest BCUT2D eigenvalue weighted by atomic mass is 16.3. The molecule has 2 heterocycles. The molecule has 4 nitrogen and oxygen atoms in total. The average molecular weight is 277 g/mol. The summed E-state index contributed by atoms with van der Waals surface area (Å²) in [6, 6.07) is 0. The molecule has 112 valence electrons. The van der Waals surface area contributed by atoms with Crippen LogP contribution in [-0.4, -0.2) is 39.6 Å². The number of aliphatic hydroxyl groups excluding tert-OH is 1. The van der Waals surface area contributed by atoms with Crippen molar-refractivity contribution in [3.63, 3.8) is 0 Å². The monoisotopic (exact) mass is 277 g/mol. The molecule has 0 radical (unpaired) electrons. The Kier molecular flexibility index (Phi) is 4.73. The van der Waals surface area contributed by atoms with Crippen molar-refractivity contribution in [3.05, 3.63) is 18.2 Å². The quantitative estimate of drug-likeness (QED) is 0.889. The summed E-state index contributed by atoms with van der Waals surface area (Å²) >= 11 is 0. The third-order valence-electron chi connectivity index (χ3n) is 5.12. The van der Waals surface area contributed by atoms with Crippen LogP contribution in [0, 0.1) is 11.8 Å². The SMILES string of the molecule is OC(c1ncc[nH]1)C1CCN(CC2CCCCC2)CC1. The Labute approximate surface area is 121 Å².